The zero-order valence-corrected chi connectivity index (χ0v) is 40.1. The van der Waals surface area contributed by atoms with E-state index >= 15 is 0 Å². The molecule has 6 atom stereocenters. The fourth-order valence-corrected chi connectivity index (χ4v) is 7.40. The summed E-state index contributed by atoms with van der Waals surface area (Å²) in [5.41, 5.74) is 0. The quantitative estimate of drug-likeness (QED) is 0.0268. The molecule has 1 saturated heterocycles. The third-order valence-electron chi connectivity index (χ3n) is 11.4. The molecule has 4 N–H and O–H groups in total. The van der Waals surface area contributed by atoms with Crippen molar-refractivity contribution in [1.82, 2.24) is 0 Å². The monoisotopic (exact) mass is 887 g/mol. The molecule has 63 heavy (non-hydrogen) atoms. The molecule has 0 amide bonds. The summed E-state index contributed by atoms with van der Waals surface area (Å²) in [6, 6.07) is 0. The number of carbonyl (C=O) groups excluding carboxylic acids is 1. The van der Waals surface area contributed by atoms with E-state index in [-0.39, 0.29) is 19.2 Å². The Bertz CT molecular complexity index is 1190. The number of esters is 1. The van der Waals surface area contributed by atoms with Crippen molar-refractivity contribution in [2.75, 3.05) is 26.4 Å². The van der Waals surface area contributed by atoms with Gasteiger partial charge in [0.1, 0.15) is 30.5 Å². The van der Waals surface area contributed by atoms with Crippen LogP contribution in [0.5, 0.6) is 0 Å². The Morgan fingerprint density at radius 3 is 1.46 bits per heavy atom. The molecule has 0 aromatic heterocycles. The highest BCUT2D eigenvalue weighted by Gasteiger charge is 2.44. The van der Waals surface area contributed by atoms with Crippen LogP contribution in [0.15, 0.2) is 72.9 Å². The van der Waals surface area contributed by atoms with Crippen molar-refractivity contribution in [3.8, 4) is 0 Å². The Labute approximate surface area is 385 Å². The molecule has 0 aromatic carbocycles. The molecule has 1 aliphatic rings. The summed E-state index contributed by atoms with van der Waals surface area (Å²) in [5.74, 6) is -0.329. The van der Waals surface area contributed by atoms with Crippen molar-refractivity contribution in [1.29, 1.82) is 0 Å². The maximum absolute atomic E-state index is 12.8. The lowest BCUT2D eigenvalue weighted by atomic mass is 9.99. The maximum Gasteiger partial charge on any atom is 0.306 e. The Kier molecular flexibility index (Phi) is 41.7. The highest BCUT2D eigenvalue weighted by molar-refractivity contribution is 5.69. The van der Waals surface area contributed by atoms with E-state index in [1.165, 1.54) is 96.3 Å². The smallest absolute Gasteiger partial charge is 0.306 e. The summed E-state index contributed by atoms with van der Waals surface area (Å²) in [4.78, 5) is 12.8. The van der Waals surface area contributed by atoms with Crippen molar-refractivity contribution in [2.24, 2.45) is 0 Å². The van der Waals surface area contributed by atoms with Crippen LogP contribution in [0.4, 0.5) is 0 Å². The van der Waals surface area contributed by atoms with Crippen LogP contribution in [-0.2, 0) is 23.7 Å². The van der Waals surface area contributed by atoms with Crippen LogP contribution in [0.3, 0.4) is 0 Å². The van der Waals surface area contributed by atoms with Gasteiger partial charge < -0.3 is 39.4 Å². The molecular formula is C54H94O9. The average molecular weight is 887 g/mol. The van der Waals surface area contributed by atoms with E-state index in [9.17, 15) is 25.2 Å². The maximum atomic E-state index is 12.8. The molecule has 0 radical (unpaired) electrons. The zero-order chi connectivity index (χ0) is 45.7. The lowest BCUT2D eigenvalue weighted by Gasteiger charge is -2.39. The zero-order valence-electron chi connectivity index (χ0n) is 40.1. The normalized spacial score (nSPS) is 20.3. The van der Waals surface area contributed by atoms with E-state index in [0.717, 1.165) is 83.5 Å². The van der Waals surface area contributed by atoms with Crippen LogP contribution in [0.2, 0.25) is 0 Å². The van der Waals surface area contributed by atoms with Crippen LogP contribution >= 0.6 is 0 Å². The Balaban J connectivity index is 2.20. The molecule has 1 rings (SSSR count). The van der Waals surface area contributed by atoms with Crippen molar-refractivity contribution >= 4 is 5.97 Å². The minimum Gasteiger partial charge on any atom is -0.457 e. The molecule has 0 aromatic rings. The minimum absolute atomic E-state index is 0.123. The van der Waals surface area contributed by atoms with Crippen molar-refractivity contribution < 1.29 is 44.2 Å². The van der Waals surface area contributed by atoms with Gasteiger partial charge in [-0.25, -0.2) is 0 Å². The van der Waals surface area contributed by atoms with Gasteiger partial charge in [-0.15, -0.1) is 0 Å². The average Bonchev–Trinajstić information content (AvgIpc) is 3.28. The van der Waals surface area contributed by atoms with Crippen molar-refractivity contribution in [2.45, 2.75) is 237 Å². The number of unbranched alkanes of at least 4 members (excludes halogenated alkanes) is 20. The molecule has 0 spiro atoms. The summed E-state index contributed by atoms with van der Waals surface area (Å²) in [6.45, 7) is 4.41. The second-order valence-corrected chi connectivity index (χ2v) is 17.2. The molecule has 6 unspecified atom stereocenters. The molecule has 0 aliphatic carbocycles. The first-order valence-electron chi connectivity index (χ1n) is 25.5. The standard InChI is InChI=1S/C54H94O9/c1-3-5-7-9-11-13-15-17-19-21-22-23-24-25-26-27-28-30-32-34-36-38-40-42-44-60-46-48(47-61-54-53(59)52(58)51(57)49(45-55)63-54)62-50(56)43-41-39-37-35-33-31-29-20-18-16-14-12-10-8-6-4-2/h5,7,11,13-14,16-17,19-20,22-23,29,48-49,51-55,57-59H,3-4,6,8-10,12,15,18,21,24-28,30-47H2,1-2H3/b7-5-,13-11-,16-14-,19-17-,23-22-,29-20-. The number of aliphatic hydroxyl groups is 4. The van der Waals surface area contributed by atoms with E-state index in [4.69, 9.17) is 18.9 Å². The SMILES string of the molecule is CC/C=C\C/C=C\C/C=C\C/C=C\CCCCCCCCCCCCCOCC(COC1OC(CO)C(O)C(O)C1O)OC(=O)CCCCCCC/C=C\C/C=C\CCCCCC. The van der Waals surface area contributed by atoms with Gasteiger partial charge in [-0.1, -0.05) is 183 Å². The second kappa shape index (κ2) is 44.8. The number of hydrogen-bond acceptors (Lipinski definition) is 9. The summed E-state index contributed by atoms with van der Waals surface area (Å²) in [6.07, 6.45) is 52.2. The first-order valence-corrected chi connectivity index (χ1v) is 25.5. The van der Waals surface area contributed by atoms with Crippen LogP contribution in [0.1, 0.15) is 200 Å². The molecule has 9 nitrogen and oxygen atoms in total. The van der Waals surface area contributed by atoms with Crippen LogP contribution in [0, 0.1) is 0 Å². The van der Waals surface area contributed by atoms with Gasteiger partial charge in [0, 0.05) is 13.0 Å². The van der Waals surface area contributed by atoms with E-state index in [1.54, 1.807) is 0 Å². The van der Waals surface area contributed by atoms with E-state index in [0.29, 0.717) is 13.0 Å². The third kappa shape index (κ3) is 35.6. The van der Waals surface area contributed by atoms with Gasteiger partial charge in [-0.3, -0.25) is 4.79 Å². The first kappa shape index (κ1) is 58.6. The van der Waals surface area contributed by atoms with Crippen LogP contribution in [-0.4, -0.2) is 89.6 Å². The Morgan fingerprint density at radius 1 is 0.524 bits per heavy atom. The van der Waals surface area contributed by atoms with Crippen LogP contribution in [0.25, 0.3) is 0 Å². The van der Waals surface area contributed by atoms with Gasteiger partial charge in [0.2, 0.25) is 0 Å². The number of carbonyl (C=O) groups is 1. The number of rotatable bonds is 43. The predicted molar refractivity (Wildman–Crippen MR) is 260 cm³/mol. The number of ether oxygens (including phenoxy) is 4. The Hall–Kier alpha value is -2.37. The molecule has 0 bridgehead atoms. The number of aliphatic hydroxyl groups excluding tert-OH is 4. The number of allylic oxidation sites excluding steroid dienone is 12. The molecule has 364 valence electrons. The second-order valence-electron chi connectivity index (χ2n) is 17.2. The van der Waals surface area contributed by atoms with Gasteiger partial charge >= 0.3 is 5.97 Å². The van der Waals surface area contributed by atoms with Gasteiger partial charge in [0.15, 0.2) is 6.29 Å². The molecule has 1 heterocycles. The minimum atomic E-state index is -1.54. The van der Waals surface area contributed by atoms with E-state index < -0.39 is 43.4 Å². The summed E-state index contributed by atoms with van der Waals surface area (Å²) >= 11 is 0. The van der Waals surface area contributed by atoms with E-state index in [1.807, 2.05) is 0 Å². The largest absolute Gasteiger partial charge is 0.457 e. The topological polar surface area (TPSA) is 135 Å². The fourth-order valence-electron chi connectivity index (χ4n) is 7.40. The van der Waals surface area contributed by atoms with Crippen LogP contribution < -0.4 is 0 Å². The summed E-state index contributed by atoms with van der Waals surface area (Å²) in [7, 11) is 0. The highest BCUT2D eigenvalue weighted by atomic mass is 16.7. The highest BCUT2D eigenvalue weighted by Crippen LogP contribution is 2.23. The molecule has 0 saturated carbocycles. The van der Waals surface area contributed by atoms with Gasteiger partial charge in [0.05, 0.1) is 19.8 Å². The van der Waals surface area contributed by atoms with Crippen molar-refractivity contribution in [3.05, 3.63) is 72.9 Å². The van der Waals surface area contributed by atoms with Crippen molar-refractivity contribution in [3.63, 3.8) is 0 Å². The molecular weight excluding hydrogens is 793 g/mol. The van der Waals surface area contributed by atoms with Gasteiger partial charge in [-0.05, 0) is 83.5 Å². The lowest BCUT2D eigenvalue weighted by molar-refractivity contribution is -0.305. The van der Waals surface area contributed by atoms with E-state index in [2.05, 4.69) is 86.8 Å². The molecule has 1 aliphatic heterocycles. The first-order chi connectivity index (χ1) is 30.9. The Morgan fingerprint density at radius 2 is 0.968 bits per heavy atom. The third-order valence-corrected chi connectivity index (χ3v) is 11.4. The lowest BCUT2D eigenvalue weighted by Crippen LogP contribution is -2.59. The molecule has 9 heteroatoms. The van der Waals surface area contributed by atoms with Gasteiger partial charge in [0.25, 0.3) is 0 Å². The number of hydrogen-bond donors (Lipinski definition) is 4. The summed E-state index contributed by atoms with van der Waals surface area (Å²) < 4.78 is 22.9. The van der Waals surface area contributed by atoms with Gasteiger partial charge in [-0.2, -0.15) is 0 Å². The molecule has 1 fully saturated rings. The fraction of sp³-hybridized carbons (Fsp3) is 0.759. The predicted octanol–water partition coefficient (Wildman–Crippen LogP) is 12.4. The summed E-state index contributed by atoms with van der Waals surface area (Å²) in [5, 5.41) is 40.2.